The third-order valence-electron chi connectivity index (χ3n) is 5.92. The van der Waals surface area contributed by atoms with E-state index >= 15 is 0 Å². The number of piperazine rings is 1. The molecule has 0 spiro atoms. The van der Waals surface area contributed by atoms with Gasteiger partial charge in [0.15, 0.2) is 11.5 Å². The number of halogens is 1. The lowest BCUT2D eigenvalue weighted by atomic mass is 10.1. The molecule has 3 aromatic rings. The van der Waals surface area contributed by atoms with E-state index < -0.39 is 0 Å². The minimum Gasteiger partial charge on any atom is -0.486 e. The zero-order valence-electron chi connectivity index (χ0n) is 17.8. The number of ether oxygens (including phenoxy) is 2. The molecule has 0 aliphatic carbocycles. The van der Waals surface area contributed by atoms with Crippen LogP contribution in [-0.4, -0.2) is 72.3 Å². The summed E-state index contributed by atoms with van der Waals surface area (Å²) in [4.78, 5) is 13.4. The Morgan fingerprint density at radius 2 is 1.97 bits per heavy atom. The van der Waals surface area contributed by atoms with E-state index in [-0.39, 0.29) is 11.9 Å². The van der Waals surface area contributed by atoms with E-state index in [0.29, 0.717) is 40.7 Å². The second-order valence-electron chi connectivity index (χ2n) is 8.25. The van der Waals surface area contributed by atoms with Gasteiger partial charge in [-0.15, -0.1) is 0 Å². The van der Waals surface area contributed by atoms with Gasteiger partial charge in [-0.1, -0.05) is 12.1 Å². The Morgan fingerprint density at radius 1 is 1.13 bits per heavy atom. The monoisotopic (exact) mass is 423 g/mol. The van der Waals surface area contributed by atoms with E-state index in [1.165, 1.54) is 6.33 Å². The number of benzene rings is 2. The number of nitrogens with one attached hydrogen (secondary N) is 1. The molecule has 2 aliphatic heterocycles. The van der Waals surface area contributed by atoms with Crippen LogP contribution in [0.3, 0.4) is 0 Å². The van der Waals surface area contributed by atoms with E-state index in [1.807, 2.05) is 18.2 Å². The Bertz CT molecular complexity index is 1100. The fourth-order valence-corrected chi connectivity index (χ4v) is 4.04. The van der Waals surface area contributed by atoms with E-state index in [0.717, 1.165) is 38.1 Å². The van der Waals surface area contributed by atoms with Crippen molar-refractivity contribution in [1.82, 2.24) is 19.8 Å². The van der Waals surface area contributed by atoms with Gasteiger partial charge in [0.25, 0.3) is 0 Å². The van der Waals surface area contributed by atoms with Gasteiger partial charge in [0, 0.05) is 44.2 Å². The molecule has 5 rings (SSSR count). The average molecular weight is 423 g/mol. The number of aryl methyl sites for hydroxylation is 1. The molecule has 0 bridgehead atoms. The lowest BCUT2D eigenvalue weighted by Gasteiger charge is -2.36. The number of fused-ring (bicyclic) bond motifs is 2. The molecule has 7 nitrogen and oxygen atoms in total. The number of rotatable bonds is 4. The number of aromatic nitrogens is 2. The van der Waals surface area contributed by atoms with Gasteiger partial charge in [-0.2, -0.15) is 0 Å². The minimum absolute atomic E-state index is 0.0383. The van der Waals surface area contributed by atoms with Gasteiger partial charge in [0.2, 0.25) is 0 Å². The molecule has 0 saturated carbocycles. The standard InChI is InChI=1S/C23H26FN5O2/c1-15-4-3-5-18(22(15)24)27-23-17-10-21-20(11-19(17)25-14-26-23)30-13-16(31-21)12-29-8-6-28(2)7-9-29/h3-5,10-11,14,16H,6-9,12-13H2,1-2H3,(H,25,26,27). The van der Waals surface area contributed by atoms with Crippen molar-refractivity contribution in [3.8, 4) is 11.5 Å². The van der Waals surface area contributed by atoms with Crippen LogP contribution in [0.25, 0.3) is 10.9 Å². The molecule has 1 aromatic heterocycles. The Morgan fingerprint density at radius 3 is 2.81 bits per heavy atom. The van der Waals surface area contributed by atoms with E-state index in [9.17, 15) is 4.39 Å². The lowest BCUT2D eigenvalue weighted by molar-refractivity contribution is 0.0442. The van der Waals surface area contributed by atoms with Crippen molar-refractivity contribution in [3.05, 3.63) is 48.0 Å². The third kappa shape index (κ3) is 4.13. The lowest BCUT2D eigenvalue weighted by Crippen LogP contribution is -2.49. The van der Waals surface area contributed by atoms with Crippen molar-refractivity contribution in [2.45, 2.75) is 13.0 Å². The van der Waals surface area contributed by atoms with E-state index in [2.05, 4.69) is 32.1 Å². The minimum atomic E-state index is -0.293. The van der Waals surface area contributed by atoms with Crippen LogP contribution in [0.15, 0.2) is 36.7 Å². The van der Waals surface area contributed by atoms with Gasteiger partial charge < -0.3 is 19.7 Å². The molecule has 0 amide bonds. The number of hydrogen-bond acceptors (Lipinski definition) is 7. The van der Waals surface area contributed by atoms with Gasteiger partial charge >= 0.3 is 0 Å². The Labute approximate surface area is 180 Å². The molecule has 0 radical (unpaired) electrons. The van der Waals surface area contributed by atoms with Gasteiger partial charge in [-0.25, -0.2) is 14.4 Å². The molecule has 1 N–H and O–H groups in total. The second kappa shape index (κ2) is 8.28. The first-order valence-corrected chi connectivity index (χ1v) is 10.6. The summed E-state index contributed by atoms with van der Waals surface area (Å²) < 4.78 is 26.8. The molecule has 162 valence electrons. The maximum atomic E-state index is 14.5. The normalized spacial score (nSPS) is 19.5. The predicted octanol–water partition coefficient (Wildman–Crippen LogP) is 3.21. The van der Waals surface area contributed by atoms with Crippen LogP contribution in [0.2, 0.25) is 0 Å². The Kier molecular flexibility index (Phi) is 5.33. The van der Waals surface area contributed by atoms with Crippen molar-refractivity contribution in [3.63, 3.8) is 0 Å². The zero-order valence-corrected chi connectivity index (χ0v) is 17.8. The van der Waals surface area contributed by atoms with Crippen LogP contribution >= 0.6 is 0 Å². The summed E-state index contributed by atoms with van der Waals surface area (Å²) in [7, 11) is 2.15. The van der Waals surface area contributed by atoms with Crippen LogP contribution in [0.1, 0.15) is 5.56 Å². The van der Waals surface area contributed by atoms with Crippen molar-refractivity contribution in [2.75, 3.05) is 51.7 Å². The maximum Gasteiger partial charge on any atom is 0.163 e. The predicted molar refractivity (Wildman–Crippen MR) is 118 cm³/mol. The zero-order chi connectivity index (χ0) is 21.4. The fourth-order valence-electron chi connectivity index (χ4n) is 4.04. The first-order chi connectivity index (χ1) is 15.1. The van der Waals surface area contributed by atoms with E-state index in [4.69, 9.17) is 9.47 Å². The van der Waals surface area contributed by atoms with Crippen molar-refractivity contribution in [2.24, 2.45) is 0 Å². The number of likely N-dealkylation sites (N-methyl/N-ethyl adjacent to an activating group) is 1. The summed E-state index contributed by atoms with van der Waals surface area (Å²) in [6.45, 7) is 7.27. The molecule has 1 atom stereocenters. The molecule has 2 aromatic carbocycles. The van der Waals surface area contributed by atoms with E-state index in [1.54, 1.807) is 19.1 Å². The van der Waals surface area contributed by atoms with Crippen molar-refractivity contribution >= 4 is 22.4 Å². The average Bonchev–Trinajstić information content (AvgIpc) is 2.77. The quantitative estimate of drug-likeness (QED) is 0.691. The van der Waals surface area contributed by atoms with Crippen molar-refractivity contribution in [1.29, 1.82) is 0 Å². The second-order valence-corrected chi connectivity index (χ2v) is 8.25. The number of anilines is 2. The SMILES string of the molecule is Cc1cccc(Nc2ncnc3cc4c(cc23)OC(CN2CCN(C)CC2)CO4)c1F. The molecular weight excluding hydrogens is 397 g/mol. The molecule has 1 fully saturated rings. The molecule has 1 unspecified atom stereocenters. The number of nitrogens with zero attached hydrogens (tertiary/aromatic N) is 4. The third-order valence-corrected chi connectivity index (χ3v) is 5.92. The molecular formula is C23H26FN5O2. The summed E-state index contributed by atoms with van der Waals surface area (Å²) in [6.07, 6.45) is 1.42. The first kappa shape index (κ1) is 20.0. The van der Waals surface area contributed by atoms with Crippen LogP contribution in [-0.2, 0) is 0 Å². The van der Waals surface area contributed by atoms with Crippen molar-refractivity contribution < 1.29 is 13.9 Å². The Balaban J connectivity index is 1.39. The van der Waals surface area contributed by atoms with Gasteiger partial charge in [0.1, 0.15) is 30.7 Å². The summed E-state index contributed by atoms with van der Waals surface area (Å²) >= 11 is 0. The largest absolute Gasteiger partial charge is 0.486 e. The fraction of sp³-hybridized carbons (Fsp3) is 0.391. The first-order valence-electron chi connectivity index (χ1n) is 10.6. The smallest absolute Gasteiger partial charge is 0.163 e. The molecule has 31 heavy (non-hydrogen) atoms. The number of hydrogen-bond donors (Lipinski definition) is 1. The van der Waals surface area contributed by atoms with Gasteiger partial charge in [0.05, 0.1) is 11.2 Å². The molecule has 1 saturated heterocycles. The van der Waals surface area contributed by atoms with Crippen LogP contribution in [0.5, 0.6) is 11.5 Å². The molecule has 2 aliphatic rings. The molecule has 3 heterocycles. The van der Waals surface area contributed by atoms with Gasteiger partial charge in [-0.3, -0.25) is 4.90 Å². The van der Waals surface area contributed by atoms with Gasteiger partial charge in [-0.05, 0) is 31.7 Å². The topological polar surface area (TPSA) is 62.8 Å². The molecule has 8 heteroatoms. The highest BCUT2D eigenvalue weighted by molar-refractivity contribution is 5.93. The summed E-state index contributed by atoms with van der Waals surface area (Å²) in [5.41, 5.74) is 1.66. The van der Waals surface area contributed by atoms with Crippen LogP contribution in [0, 0.1) is 12.7 Å². The van der Waals surface area contributed by atoms with Crippen LogP contribution in [0.4, 0.5) is 15.9 Å². The highest BCUT2D eigenvalue weighted by Gasteiger charge is 2.26. The highest BCUT2D eigenvalue weighted by Crippen LogP contribution is 2.38. The maximum absolute atomic E-state index is 14.5. The summed E-state index contributed by atoms with van der Waals surface area (Å²) in [5, 5.41) is 3.86. The summed E-state index contributed by atoms with van der Waals surface area (Å²) in [5.74, 6) is 1.58. The van der Waals surface area contributed by atoms with Crippen LogP contribution < -0.4 is 14.8 Å². The Hall–Kier alpha value is -2.97. The highest BCUT2D eigenvalue weighted by atomic mass is 19.1. The summed E-state index contributed by atoms with van der Waals surface area (Å²) in [6, 6.07) is 8.99.